The van der Waals surface area contributed by atoms with Gasteiger partial charge in [-0.15, -0.1) is 0 Å². The van der Waals surface area contributed by atoms with Crippen LogP contribution < -0.4 is 0 Å². The zero-order valence-electron chi connectivity index (χ0n) is 67.8. The summed E-state index contributed by atoms with van der Waals surface area (Å²) in [6.07, 6.45) is 63.9. The van der Waals surface area contributed by atoms with Gasteiger partial charge in [0.25, 0.3) is 0 Å². The number of hydrogen-bond donors (Lipinski definition) is 3. The van der Waals surface area contributed by atoms with Crippen molar-refractivity contribution in [3.8, 4) is 0 Å². The molecule has 0 aliphatic rings. The normalized spacial score (nSPS) is 13.9. The fraction of sp³-hybridized carbons (Fsp3) is 0.952. The molecule has 0 aromatic carbocycles. The third-order valence-electron chi connectivity index (χ3n) is 19.6. The third-order valence-corrected chi connectivity index (χ3v) is 21.5. The summed E-state index contributed by atoms with van der Waals surface area (Å²) in [6, 6.07) is 0. The number of ether oxygens (including phenoxy) is 4. The number of phosphoric ester groups is 2. The van der Waals surface area contributed by atoms with Crippen molar-refractivity contribution in [2.45, 2.75) is 458 Å². The highest BCUT2D eigenvalue weighted by Crippen LogP contribution is 2.45. The Morgan fingerprint density at radius 2 is 0.447 bits per heavy atom. The molecule has 2 unspecified atom stereocenters. The molecule has 0 amide bonds. The van der Waals surface area contributed by atoms with Crippen LogP contribution in [0.15, 0.2) is 0 Å². The summed E-state index contributed by atoms with van der Waals surface area (Å²) >= 11 is 0. The Labute approximate surface area is 632 Å². The van der Waals surface area contributed by atoms with Crippen molar-refractivity contribution in [2.24, 2.45) is 17.8 Å². The lowest BCUT2D eigenvalue weighted by molar-refractivity contribution is -0.161. The van der Waals surface area contributed by atoms with E-state index in [-0.39, 0.29) is 25.7 Å². The number of hydrogen-bond acceptors (Lipinski definition) is 15. The van der Waals surface area contributed by atoms with E-state index in [9.17, 15) is 43.2 Å². The van der Waals surface area contributed by atoms with Gasteiger partial charge in [-0.05, 0) is 43.4 Å². The van der Waals surface area contributed by atoms with Gasteiger partial charge in [0.2, 0.25) is 0 Å². The molecule has 0 fully saturated rings. The second-order valence-corrected chi connectivity index (χ2v) is 34.6. The number of carbonyl (C=O) groups excluding carboxylic acids is 4. The lowest BCUT2D eigenvalue weighted by atomic mass is 10.0. The minimum atomic E-state index is -4.96. The molecule has 0 aliphatic heterocycles. The van der Waals surface area contributed by atoms with Crippen molar-refractivity contribution < 1.29 is 80.2 Å². The summed E-state index contributed by atoms with van der Waals surface area (Å²) in [4.78, 5) is 73.2. The van der Waals surface area contributed by atoms with Crippen LogP contribution in [0.5, 0.6) is 0 Å². The molecule has 19 heteroatoms. The fourth-order valence-electron chi connectivity index (χ4n) is 13.0. The summed E-state index contributed by atoms with van der Waals surface area (Å²) in [5.74, 6) is 0.194. The van der Waals surface area contributed by atoms with Crippen LogP contribution in [0.1, 0.15) is 440 Å². The van der Waals surface area contributed by atoms with E-state index in [0.717, 1.165) is 108 Å². The average Bonchev–Trinajstić information content (AvgIpc) is 0.917. The van der Waals surface area contributed by atoms with Gasteiger partial charge in [-0.3, -0.25) is 37.3 Å². The number of aliphatic hydroxyl groups is 1. The van der Waals surface area contributed by atoms with Crippen LogP contribution in [0.4, 0.5) is 0 Å². The number of unbranched alkanes of at least 4 members (excludes halogenated alkanes) is 50. The zero-order valence-corrected chi connectivity index (χ0v) is 69.6. The standard InChI is InChI=1S/C84H164O17P2/c1-8-9-10-11-12-13-14-15-16-17-18-19-20-21-22-25-29-39-46-53-60-67-83(88)100-79(71-94-81(86)65-58-51-44-37-28-26-23-24-27-34-41-48-55-62-75(2)3)73-98-102(90,91)96-69-78(85)70-97-103(92,93)99-74-80(101-84(89)68-61-54-47-40-33-31-36-43-50-57-64-77(6)7)72-95-82(87)66-59-52-45-38-32-30-35-42-49-56-63-76(4)5/h75-80,85H,8-74H2,1-7H3,(H,90,91)(H,92,93)/t78-,79-,80-/m1/s1. The van der Waals surface area contributed by atoms with Gasteiger partial charge in [-0.1, -0.05) is 389 Å². The van der Waals surface area contributed by atoms with Crippen LogP contribution in [0.2, 0.25) is 0 Å². The van der Waals surface area contributed by atoms with Crippen LogP contribution >= 0.6 is 15.6 Å². The average molecular weight is 1510 g/mol. The molecule has 0 aliphatic carbocycles. The molecule has 0 spiro atoms. The summed E-state index contributed by atoms with van der Waals surface area (Å²) in [6.45, 7) is 12.0. The SMILES string of the molecule is CCCCCCCCCCCCCCCCCCCCCCCC(=O)O[C@H](COC(=O)CCCCCCCCCCCCCCCC(C)C)COP(=O)(O)OC[C@@H](O)COP(=O)(O)OC[C@@H](COC(=O)CCCCCCCCCCCCC(C)C)OC(=O)CCCCCCCCCCCCC(C)C. The molecular weight excluding hydrogens is 1340 g/mol. The molecule has 17 nitrogen and oxygen atoms in total. The van der Waals surface area contributed by atoms with Crippen molar-refractivity contribution in [3.63, 3.8) is 0 Å². The molecule has 612 valence electrons. The molecule has 5 atom stereocenters. The first-order chi connectivity index (χ1) is 49.7. The second-order valence-electron chi connectivity index (χ2n) is 31.6. The topological polar surface area (TPSA) is 237 Å². The Morgan fingerprint density at radius 3 is 0.660 bits per heavy atom. The molecule has 0 bridgehead atoms. The van der Waals surface area contributed by atoms with Crippen molar-refractivity contribution in [3.05, 3.63) is 0 Å². The molecule has 3 N–H and O–H groups in total. The van der Waals surface area contributed by atoms with Gasteiger partial charge in [0.15, 0.2) is 12.2 Å². The number of phosphoric acid groups is 2. The van der Waals surface area contributed by atoms with E-state index in [4.69, 9.17) is 37.0 Å². The van der Waals surface area contributed by atoms with E-state index in [1.54, 1.807) is 0 Å². The number of rotatable bonds is 82. The first kappa shape index (κ1) is 101. The van der Waals surface area contributed by atoms with Gasteiger partial charge in [0.05, 0.1) is 26.4 Å². The maximum Gasteiger partial charge on any atom is 0.472 e. The Hall–Kier alpha value is -1.94. The summed E-state index contributed by atoms with van der Waals surface area (Å²) in [7, 11) is -9.93. The molecule has 0 rings (SSSR count). The molecule has 0 radical (unpaired) electrons. The Kier molecular flexibility index (Phi) is 72.8. The minimum Gasteiger partial charge on any atom is -0.462 e. The van der Waals surface area contributed by atoms with Gasteiger partial charge in [0, 0.05) is 25.7 Å². The van der Waals surface area contributed by atoms with Gasteiger partial charge in [-0.2, -0.15) is 0 Å². The van der Waals surface area contributed by atoms with Crippen LogP contribution in [-0.2, 0) is 65.4 Å². The first-order valence-corrected chi connectivity index (χ1v) is 46.3. The predicted molar refractivity (Wildman–Crippen MR) is 423 cm³/mol. The smallest absolute Gasteiger partial charge is 0.462 e. The summed E-state index contributed by atoms with van der Waals surface area (Å²) in [5, 5.41) is 10.7. The molecule has 0 aromatic heterocycles. The fourth-order valence-corrected chi connectivity index (χ4v) is 14.6. The Bertz CT molecular complexity index is 1990. The Morgan fingerprint density at radius 1 is 0.262 bits per heavy atom. The monoisotopic (exact) mass is 1510 g/mol. The van der Waals surface area contributed by atoms with Crippen LogP contribution in [0.25, 0.3) is 0 Å². The molecule has 103 heavy (non-hydrogen) atoms. The van der Waals surface area contributed by atoms with Crippen molar-refractivity contribution >= 4 is 39.5 Å². The quantitative estimate of drug-likeness (QED) is 0.0222. The highest BCUT2D eigenvalue weighted by atomic mass is 31.2. The second kappa shape index (κ2) is 74.2. The molecule has 0 heterocycles. The van der Waals surface area contributed by atoms with Gasteiger partial charge in [-0.25, -0.2) is 9.13 Å². The number of aliphatic hydroxyl groups excluding tert-OH is 1. The van der Waals surface area contributed by atoms with Crippen molar-refractivity contribution in [1.82, 2.24) is 0 Å². The molecule has 0 saturated heterocycles. The van der Waals surface area contributed by atoms with Gasteiger partial charge in [0.1, 0.15) is 19.3 Å². The largest absolute Gasteiger partial charge is 0.472 e. The van der Waals surface area contributed by atoms with Gasteiger partial charge < -0.3 is 33.8 Å². The van der Waals surface area contributed by atoms with E-state index >= 15 is 0 Å². The van der Waals surface area contributed by atoms with E-state index in [1.165, 1.54) is 250 Å². The van der Waals surface area contributed by atoms with Gasteiger partial charge >= 0.3 is 39.5 Å². The first-order valence-electron chi connectivity index (χ1n) is 43.3. The lowest BCUT2D eigenvalue weighted by Gasteiger charge is -2.21. The minimum absolute atomic E-state index is 0.106. The highest BCUT2D eigenvalue weighted by molar-refractivity contribution is 7.47. The lowest BCUT2D eigenvalue weighted by Crippen LogP contribution is -2.30. The zero-order chi connectivity index (χ0) is 75.8. The molecule has 0 aromatic rings. The Balaban J connectivity index is 5.25. The van der Waals surface area contributed by atoms with E-state index in [2.05, 4.69) is 48.5 Å². The maximum absolute atomic E-state index is 13.1. The van der Waals surface area contributed by atoms with Crippen LogP contribution in [0.3, 0.4) is 0 Å². The van der Waals surface area contributed by atoms with Crippen LogP contribution in [-0.4, -0.2) is 96.7 Å². The van der Waals surface area contributed by atoms with E-state index < -0.39 is 97.5 Å². The number of esters is 4. The predicted octanol–water partition coefficient (Wildman–Crippen LogP) is 25.3. The van der Waals surface area contributed by atoms with E-state index in [1.807, 2.05) is 0 Å². The summed E-state index contributed by atoms with van der Waals surface area (Å²) < 4.78 is 68.8. The third kappa shape index (κ3) is 78.0. The van der Waals surface area contributed by atoms with Crippen LogP contribution in [0, 0.1) is 17.8 Å². The van der Waals surface area contributed by atoms with E-state index in [0.29, 0.717) is 25.7 Å². The van der Waals surface area contributed by atoms with Crippen molar-refractivity contribution in [2.75, 3.05) is 39.6 Å². The highest BCUT2D eigenvalue weighted by Gasteiger charge is 2.30. The summed E-state index contributed by atoms with van der Waals surface area (Å²) in [5.41, 5.74) is 0. The maximum atomic E-state index is 13.1. The number of carbonyl (C=O) groups is 4. The molecule has 0 saturated carbocycles. The van der Waals surface area contributed by atoms with Crippen molar-refractivity contribution in [1.29, 1.82) is 0 Å². The molecular formula is C84H164O17P2.